The number of amides is 2. The van der Waals surface area contributed by atoms with Crippen molar-refractivity contribution < 1.29 is 9.59 Å². The lowest BCUT2D eigenvalue weighted by molar-refractivity contribution is -0.152. The van der Waals surface area contributed by atoms with E-state index in [9.17, 15) is 9.59 Å². The van der Waals surface area contributed by atoms with E-state index in [1.54, 1.807) is 0 Å². The van der Waals surface area contributed by atoms with E-state index in [0.29, 0.717) is 0 Å². The van der Waals surface area contributed by atoms with Gasteiger partial charge < -0.3 is 10.2 Å². The van der Waals surface area contributed by atoms with Crippen LogP contribution >= 0.6 is 0 Å². The summed E-state index contributed by atoms with van der Waals surface area (Å²) in [5.41, 5.74) is 0. The molecule has 2 fully saturated rings. The first-order valence-corrected chi connectivity index (χ1v) is 8.06. The third kappa shape index (κ3) is 3.15. The molecule has 1 heterocycles. The minimum Gasteiger partial charge on any atom is -0.342 e. The van der Waals surface area contributed by atoms with Crippen LogP contribution in [0.2, 0.25) is 0 Å². The topological polar surface area (TPSA) is 49.4 Å². The van der Waals surface area contributed by atoms with Gasteiger partial charge in [0.2, 0.25) is 11.8 Å². The van der Waals surface area contributed by atoms with Gasteiger partial charge in [0.05, 0.1) is 0 Å². The highest BCUT2D eigenvalue weighted by Gasteiger charge is 2.43. The third-order valence-electron chi connectivity index (χ3n) is 4.77. The van der Waals surface area contributed by atoms with Crippen molar-refractivity contribution in [1.29, 1.82) is 0 Å². The molecular formula is C16H28N2O2. The fourth-order valence-corrected chi connectivity index (χ4v) is 3.02. The summed E-state index contributed by atoms with van der Waals surface area (Å²) in [7, 11) is 0. The van der Waals surface area contributed by atoms with Gasteiger partial charge in [0.15, 0.2) is 0 Å². The number of carbonyl (C=O) groups is 2. The average molecular weight is 280 g/mol. The molecule has 0 aromatic heterocycles. The number of piperazine rings is 1. The summed E-state index contributed by atoms with van der Waals surface area (Å²) in [6.07, 6.45) is 4.53. The van der Waals surface area contributed by atoms with Crippen LogP contribution in [0, 0.1) is 17.8 Å². The van der Waals surface area contributed by atoms with Gasteiger partial charge in [0, 0.05) is 6.54 Å². The van der Waals surface area contributed by atoms with Gasteiger partial charge in [0.1, 0.15) is 12.1 Å². The third-order valence-corrected chi connectivity index (χ3v) is 4.77. The summed E-state index contributed by atoms with van der Waals surface area (Å²) in [5, 5.41) is 2.95. The second kappa shape index (κ2) is 6.15. The summed E-state index contributed by atoms with van der Waals surface area (Å²) in [6.45, 7) is 8.88. The molecule has 0 aromatic carbocycles. The van der Waals surface area contributed by atoms with Crippen molar-refractivity contribution in [2.24, 2.45) is 17.8 Å². The Bertz CT molecular complexity index is 377. The molecule has 0 spiro atoms. The Labute approximate surface area is 122 Å². The molecule has 1 saturated heterocycles. The van der Waals surface area contributed by atoms with Crippen molar-refractivity contribution in [3.05, 3.63) is 0 Å². The molecule has 3 unspecified atom stereocenters. The highest BCUT2D eigenvalue weighted by molar-refractivity contribution is 5.97. The van der Waals surface area contributed by atoms with Gasteiger partial charge in [-0.1, -0.05) is 47.0 Å². The number of hydrogen-bond donors (Lipinski definition) is 1. The first kappa shape index (κ1) is 15.3. The number of rotatable bonds is 6. The number of nitrogens with one attached hydrogen (secondary N) is 1. The van der Waals surface area contributed by atoms with E-state index in [4.69, 9.17) is 0 Å². The summed E-state index contributed by atoms with van der Waals surface area (Å²) in [6, 6.07) is -0.622. The largest absolute Gasteiger partial charge is 0.342 e. The van der Waals surface area contributed by atoms with Crippen LogP contribution in [-0.2, 0) is 9.59 Å². The van der Waals surface area contributed by atoms with Crippen molar-refractivity contribution in [2.45, 2.75) is 65.5 Å². The predicted molar refractivity (Wildman–Crippen MR) is 79.1 cm³/mol. The molecule has 1 aliphatic heterocycles. The van der Waals surface area contributed by atoms with E-state index in [1.165, 1.54) is 12.8 Å². The number of nitrogens with zero attached hydrogens (tertiary/aromatic N) is 1. The zero-order valence-corrected chi connectivity index (χ0v) is 13.2. The van der Waals surface area contributed by atoms with E-state index in [1.807, 2.05) is 25.7 Å². The quantitative estimate of drug-likeness (QED) is 0.811. The normalized spacial score (nSPS) is 28.8. The molecule has 2 aliphatic rings. The van der Waals surface area contributed by atoms with Crippen molar-refractivity contribution in [3.63, 3.8) is 0 Å². The standard InChI is InChI=1S/C16H28N2O2/c1-5-11(4)13-16(20)18(9-8-12-6-7-12)14(10(2)3)15(19)17-13/h10-14H,5-9H2,1-4H3,(H,17,19). The van der Waals surface area contributed by atoms with E-state index in [2.05, 4.69) is 12.2 Å². The van der Waals surface area contributed by atoms with Crippen LogP contribution in [0.3, 0.4) is 0 Å². The average Bonchev–Trinajstić information content (AvgIpc) is 3.21. The Morgan fingerprint density at radius 1 is 1.25 bits per heavy atom. The zero-order chi connectivity index (χ0) is 14.9. The molecule has 20 heavy (non-hydrogen) atoms. The molecule has 0 bridgehead atoms. The molecule has 1 saturated carbocycles. The molecule has 1 N–H and O–H groups in total. The predicted octanol–water partition coefficient (Wildman–Crippen LogP) is 2.18. The van der Waals surface area contributed by atoms with E-state index in [0.717, 1.165) is 25.3 Å². The van der Waals surface area contributed by atoms with E-state index >= 15 is 0 Å². The lowest BCUT2D eigenvalue weighted by Crippen LogP contribution is -2.66. The molecule has 1 aliphatic carbocycles. The molecule has 4 heteroatoms. The molecule has 2 amide bonds. The Morgan fingerprint density at radius 2 is 1.90 bits per heavy atom. The Hall–Kier alpha value is -1.06. The van der Waals surface area contributed by atoms with Crippen LogP contribution in [0.25, 0.3) is 0 Å². The SMILES string of the molecule is CCC(C)C1NC(=O)C(C(C)C)N(CCC2CC2)C1=O. The van der Waals surface area contributed by atoms with E-state index in [-0.39, 0.29) is 35.7 Å². The molecule has 2 rings (SSSR count). The van der Waals surface area contributed by atoms with Crippen molar-refractivity contribution in [2.75, 3.05) is 6.54 Å². The maximum atomic E-state index is 12.7. The Kier molecular flexibility index (Phi) is 4.71. The van der Waals surface area contributed by atoms with Crippen LogP contribution in [-0.4, -0.2) is 35.3 Å². The smallest absolute Gasteiger partial charge is 0.246 e. The molecule has 4 nitrogen and oxygen atoms in total. The van der Waals surface area contributed by atoms with Gasteiger partial charge in [0.25, 0.3) is 0 Å². The van der Waals surface area contributed by atoms with Crippen LogP contribution in [0.1, 0.15) is 53.4 Å². The maximum absolute atomic E-state index is 12.7. The van der Waals surface area contributed by atoms with Gasteiger partial charge in [-0.2, -0.15) is 0 Å². The van der Waals surface area contributed by atoms with Crippen LogP contribution in [0.4, 0.5) is 0 Å². The number of carbonyl (C=O) groups excluding carboxylic acids is 2. The van der Waals surface area contributed by atoms with Crippen molar-refractivity contribution >= 4 is 11.8 Å². The van der Waals surface area contributed by atoms with Crippen LogP contribution < -0.4 is 5.32 Å². The van der Waals surface area contributed by atoms with Gasteiger partial charge >= 0.3 is 0 Å². The lowest BCUT2D eigenvalue weighted by atomic mass is 9.90. The molecule has 3 atom stereocenters. The first-order valence-electron chi connectivity index (χ1n) is 8.06. The second-order valence-electron chi connectivity index (χ2n) is 6.82. The minimum atomic E-state index is -0.332. The zero-order valence-electron chi connectivity index (χ0n) is 13.2. The minimum absolute atomic E-state index is 0.0284. The molecular weight excluding hydrogens is 252 g/mol. The van der Waals surface area contributed by atoms with Gasteiger partial charge in [-0.15, -0.1) is 0 Å². The highest BCUT2D eigenvalue weighted by Crippen LogP contribution is 2.33. The van der Waals surface area contributed by atoms with Crippen molar-refractivity contribution in [3.8, 4) is 0 Å². The fourth-order valence-electron chi connectivity index (χ4n) is 3.02. The Balaban J connectivity index is 2.13. The summed E-state index contributed by atoms with van der Waals surface area (Å²) in [4.78, 5) is 27.0. The lowest BCUT2D eigenvalue weighted by Gasteiger charge is -2.42. The second-order valence-corrected chi connectivity index (χ2v) is 6.82. The number of hydrogen-bond acceptors (Lipinski definition) is 2. The maximum Gasteiger partial charge on any atom is 0.246 e. The first-order chi connectivity index (χ1) is 9.45. The summed E-state index contributed by atoms with van der Waals surface area (Å²) < 4.78 is 0. The summed E-state index contributed by atoms with van der Waals surface area (Å²) >= 11 is 0. The fraction of sp³-hybridized carbons (Fsp3) is 0.875. The van der Waals surface area contributed by atoms with Gasteiger partial charge in [-0.05, 0) is 24.2 Å². The van der Waals surface area contributed by atoms with Crippen LogP contribution in [0.5, 0.6) is 0 Å². The van der Waals surface area contributed by atoms with Gasteiger partial charge in [-0.25, -0.2) is 0 Å². The molecule has 0 aromatic rings. The van der Waals surface area contributed by atoms with Crippen LogP contribution in [0.15, 0.2) is 0 Å². The highest BCUT2D eigenvalue weighted by atomic mass is 16.2. The monoisotopic (exact) mass is 280 g/mol. The van der Waals surface area contributed by atoms with Crippen molar-refractivity contribution in [1.82, 2.24) is 10.2 Å². The Morgan fingerprint density at radius 3 is 2.40 bits per heavy atom. The van der Waals surface area contributed by atoms with E-state index < -0.39 is 0 Å². The summed E-state index contributed by atoms with van der Waals surface area (Å²) in [5.74, 6) is 1.29. The molecule has 114 valence electrons. The molecule has 0 radical (unpaired) electrons. The van der Waals surface area contributed by atoms with Gasteiger partial charge in [-0.3, -0.25) is 9.59 Å².